The Bertz CT molecular complexity index is 540. The van der Waals surface area contributed by atoms with Crippen LogP contribution in [0, 0.1) is 5.82 Å². The van der Waals surface area contributed by atoms with E-state index in [4.69, 9.17) is 0 Å². The van der Waals surface area contributed by atoms with E-state index in [0.717, 1.165) is 18.7 Å². The van der Waals surface area contributed by atoms with E-state index in [2.05, 4.69) is 28.3 Å². The zero-order valence-corrected chi connectivity index (χ0v) is 11.9. The maximum Gasteiger partial charge on any atom is 0.146 e. The summed E-state index contributed by atoms with van der Waals surface area (Å²) in [5, 5.41) is 3.27. The summed E-state index contributed by atoms with van der Waals surface area (Å²) in [6.07, 6.45) is 5.11. The van der Waals surface area contributed by atoms with Crippen LogP contribution in [0.4, 0.5) is 4.39 Å². The van der Waals surface area contributed by atoms with E-state index in [9.17, 15) is 4.39 Å². The molecule has 0 spiro atoms. The van der Waals surface area contributed by atoms with Gasteiger partial charge >= 0.3 is 0 Å². The third-order valence-corrected chi connectivity index (χ3v) is 3.28. The molecule has 0 aromatic carbocycles. The molecule has 1 unspecified atom stereocenters. The SMILES string of the molecule is CCNC(Cc1ccc(CC)cn1)c1ncccc1F. The van der Waals surface area contributed by atoms with Gasteiger partial charge in [0.25, 0.3) is 0 Å². The molecule has 1 N–H and O–H groups in total. The Kier molecular flexibility index (Phi) is 5.18. The van der Waals surface area contributed by atoms with Crippen molar-refractivity contribution in [1.82, 2.24) is 15.3 Å². The lowest BCUT2D eigenvalue weighted by Gasteiger charge is -2.17. The first-order valence-electron chi connectivity index (χ1n) is 7.02. The molecule has 0 aliphatic rings. The minimum atomic E-state index is -0.274. The predicted molar refractivity (Wildman–Crippen MR) is 77.9 cm³/mol. The fourth-order valence-electron chi connectivity index (χ4n) is 2.16. The van der Waals surface area contributed by atoms with E-state index < -0.39 is 0 Å². The van der Waals surface area contributed by atoms with Gasteiger partial charge in [0.05, 0.1) is 11.7 Å². The van der Waals surface area contributed by atoms with Crippen LogP contribution in [0.15, 0.2) is 36.7 Å². The molecule has 106 valence electrons. The summed E-state index contributed by atoms with van der Waals surface area (Å²) in [7, 11) is 0. The minimum Gasteiger partial charge on any atom is -0.308 e. The lowest BCUT2D eigenvalue weighted by molar-refractivity contribution is 0.491. The second kappa shape index (κ2) is 7.10. The maximum absolute atomic E-state index is 13.9. The molecule has 2 aromatic heterocycles. The molecule has 3 nitrogen and oxygen atoms in total. The molecular formula is C16H20FN3. The van der Waals surface area contributed by atoms with Crippen LogP contribution in [0.2, 0.25) is 0 Å². The van der Waals surface area contributed by atoms with Gasteiger partial charge in [-0.3, -0.25) is 9.97 Å². The number of nitrogens with one attached hydrogen (secondary N) is 1. The molecule has 20 heavy (non-hydrogen) atoms. The molecule has 2 heterocycles. The van der Waals surface area contributed by atoms with Crippen molar-refractivity contribution in [2.75, 3.05) is 6.54 Å². The van der Waals surface area contributed by atoms with Crippen LogP contribution in [0.25, 0.3) is 0 Å². The van der Waals surface area contributed by atoms with Crippen LogP contribution in [-0.2, 0) is 12.8 Å². The van der Waals surface area contributed by atoms with Crippen molar-refractivity contribution in [1.29, 1.82) is 0 Å². The monoisotopic (exact) mass is 273 g/mol. The number of hydrogen-bond acceptors (Lipinski definition) is 3. The van der Waals surface area contributed by atoms with E-state index >= 15 is 0 Å². The average Bonchev–Trinajstić information content (AvgIpc) is 2.48. The van der Waals surface area contributed by atoms with Crippen molar-refractivity contribution >= 4 is 0 Å². The second-order valence-electron chi connectivity index (χ2n) is 4.70. The number of aromatic nitrogens is 2. The number of nitrogens with zero attached hydrogens (tertiary/aromatic N) is 2. The predicted octanol–water partition coefficient (Wildman–Crippen LogP) is 3.07. The number of hydrogen-bond donors (Lipinski definition) is 1. The van der Waals surface area contributed by atoms with Crippen LogP contribution in [0.3, 0.4) is 0 Å². The van der Waals surface area contributed by atoms with Gasteiger partial charge in [0.15, 0.2) is 0 Å². The van der Waals surface area contributed by atoms with Crippen molar-refractivity contribution in [2.24, 2.45) is 0 Å². The molecule has 2 aromatic rings. The zero-order chi connectivity index (χ0) is 14.4. The van der Waals surface area contributed by atoms with Crippen molar-refractivity contribution in [3.8, 4) is 0 Å². The summed E-state index contributed by atoms with van der Waals surface area (Å²) < 4.78 is 13.9. The third kappa shape index (κ3) is 3.61. The quantitative estimate of drug-likeness (QED) is 0.879. The molecule has 0 radical (unpaired) electrons. The summed E-state index contributed by atoms with van der Waals surface area (Å²) in [5.74, 6) is -0.274. The highest BCUT2D eigenvalue weighted by Crippen LogP contribution is 2.18. The van der Waals surface area contributed by atoms with E-state index in [-0.39, 0.29) is 11.9 Å². The molecule has 0 fully saturated rings. The first kappa shape index (κ1) is 14.6. The smallest absolute Gasteiger partial charge is 0.146 e. The maximum atomic E-state index is 13.9. The number of likely N-dealkylation sites (N-methyl/N-ethyl adjacent to an activating group) is 1. The standard InChI is InChI=1S/C16H20FN3/c1-3-12-7-8-13(20-11-12)10-15(18-4-2)16-14(17)6-5-9-19-16/h5-9,11,15,18H,3-4,10H2,1-2H3. The van der Waals surface area contributed by atoms with Gasteiger partial charge in [-0.05, 0) is 36.7 Å². The summed E-state index contributed by atoms with van der Waals surface area (Å²) in [6, 6.07) is 6.97. The molecule has 0 aliphatic carbocycles. The van der Waals surface area contributed by atoms with E-state index in [1.165, 1.54) is 11.6 Å². The Balaban J connectivity index is 2.18. The molecule has 0 saturated heterocycles. The molecule has 0 aliphatic heterocycles. The van der Waals surface area contributed by atoms with Crippen molar-refractivity contribution in [2.45, 2.75) is 32.7 Å². The van der Waals surface area contributed by atoms with Crippen molar-refractivity contribution in [3.05, 3.63) is 59.4 Å². The van der Waals surface area contributed by atoms with Gasteiger partial charge in [-0.1, -0.05) is 19.9 Å². The number of rotatable bonds is 6. The van der Waals surface area contributed by atoms with Gasteiger partial charge in [-0.25, -0.2) is 4.39 Å². The summed E-state index contributed by atoms with van der Waals surface area (Å²) in [5.41, 5.74) is 2.60. The van der Waals surface area contributed by atoms with E-state index in [1.54, 1.807) is 12.3 Å². The molecule has 2 rings (SSSR count). The lowest BCUT2D eigenvalue weighted by Crippen LogP contribution is -2.25. The number of aryl methyl sites for hydroxylation is 1. The number of pyridine rings is 2. The van der Waals surface area contributed by atoms with Gasteiger partial charge < -0.3 is 5.32 Å². The Labute approximate surface area is 119 Å². The Hall–Kier alpha value is -1.81. The number of halogens is 1. The summed E-state index contributed by atoms with van der Waals surface area (Å²) in [4.78, 5) is 8.60. The lowest BCUT2D eigenvalue weighted by atomic mass is 10.1. The normalized spacial score (nSPS) is 12.3. The Morgan fingerprint density at radius 2 is 2.05 bits per heavy atom. The second-order valence-corrected chi connectivity index (χ2v) is 4.70. The van der Waals surface area contributed by atoms with Crippen LogP contribution in [-0.4, -0.2) is 16.5 Å². The van der Waals surface area contributed by atoms with E-state index in [1.807, 2.05) is 19.2 Å². The fourth-order valence-corrected chi connectivity index (χ4v) is 2.16. The molecule has 4 heteroatoms. The van der Waals surface area contributed by atoms with Crippen LogP contribution in [0.1, 0.15) is 36.8 Å². The van der Waals surface area contributed by atoms with Gasteiger partial charge in [0.1, 0.15) is 5.82 Å². The molecule has 0 saturated carbocycles. The first-order chi connectivity index (χ1) is 9.74. The molecule has 0 amide bonds. The first-order valence-corrected chi connectivity index (χ1v) is 7.02. The molecular weight excluding hydrogens is 253 g/mol. The fraction of sp³-hybridized carbons (Fsp3) is 0.375. The largest absolute Gasteiger partial charge is 0.308 e. The topological polar surface area (TPSA) is 37.8 Å². The van der Waals surface area contributed by atoms with Crippen molar-refractivity contribution < 1.29 is 4.39 Å². The molecule has 0 bridgehead atoms. The third-order valence-electron chi connectivity index (χ3n) is 3.28. The van der Waals surface area contributed by atoms with Crippen LogP contribution < -0.4 is 5.32 Å². The minimum absolute atomic E-state index is 0.152. The van der Waals surface area contributed by atoms with Crippen LogP contribution >= 0.6 is 0 Å². The van der Waals surface area contributed by atoms with Crippen molar-refractivity contribution in [3.63, 3.8) is 0 Å². The highest BCUT2D eigenvalue weighted by Gasteiger charge is 2.17. The zero-order valence-electron chi connectivity index (χ0n) is 11.9. The highest BCUT2D eigenvalue weighted by molar-refractivity contribution is 5.18. The highest BCUT2D eigenvalue weighted by atomic mass is 19.1. The van der Waals surface area contributed by atoms with Crippen LogP contribution in [0.5, 0.6) is 0 Å². The Morgan fingerprint density at radius 1 is 1.20 bits per heavy atom. The van der Waals surface area contributed by atoms with Gasteiger partial charge in [0.2, 0.25) is 0 Å². The van der Waals surface area contributed by atoms with Gasteiger partial charge in [-0.2, -0.15) is 0 Å². The van der Waals surface area contributed by atoms with Gasteiger partial charge in [-0.15, -0.1) is 0 Å². The van der Waals surface area contributed by atoms with E-state index in [0.29, 0.717) is 12.1 Å². The summed E-state index contributed by atoms with van der Waals surface area (Å²) >= 11 is 0. The average molecular weight is 273 g/mol. The van der Waals surface area contributed by atoms with Gasteiger partial charge in [0, 0.05) is 24.5 Å². The summed E-state index contributed by atoms with van der Waals surface area (Å²) in [6.45, 7) is 4.86. The molecule has 1 atom stereocenters. The Morgan fingerprint density at radius 3 is 2.65 bits per heavy atom.